The van der Waals surface area contributed by atoms with Gasteiger partial charge in [-0.2, -0.15) is 13.9 Å². The number of carbonyl (C=O) groups excluding carboxylic acids is 2. The molecule has 0 radical (unpaired) electrons. The van der Waals surface area contributed by atoms with E-state index in [4.69, 9.17) is 4.74 Å². The Labute approximate surface area is 183 Å². The van der Waals surface area contributed by atoms with Crippen molar-refractivity contribution in [2.45, 2.75) is 19.7 Å². The third kappa shape index (κ3) is 6.53. The van der Waals surface area contributed by atoms with E-state index in [9.17, 15) is 18.4 Å². The molecule has 3 aromatic rings. The number of amides is 2. The third-order valence-corrected chi connectivity index (χ3v) is 4.47. The van der Waals surface area contributed by atoms with Crippen LogP contribution in [0, 0.1) is 0 Å². The van der Waals surface area contributed by atoms with Gasteiger partial charge in [-0.25, -0.2) is 0 Å². The van der Waals surface area contributed by atoms with Crippen molar-refractivity contribution in [3.8, 4) is 11.5 Å². The zero-order valence-corrected chi connectivity index (χ0v) is 17.3. The average Bonchev–Trinajstić information content (AvgIpc) is 3.30. The molecule has 0 aliphatic rings. The topological polar surface area (TPSA) is 94.5 Å². The highest BCUT2D eigenvalue weighted by Crippen LogP contribution is 2.29. The molecule has 2 aromatic carbocycles. The lowest BCUT2D eigenvalue weighted by atomic mass is 10.1. The Morgan fingerprint density at radius 2 is 1.81 bits per heavy atom. The van der Waals surface area contributed by atoms with E-state index in [1.54, 1.807) is 6.20 Å². The highest BCUT2D eigenvalue weighted by Gasteiger charge is 2.15. The van der Waals surface area contributed by atoms with Crippen LogP contribution in [-0.4, -0.2) is 41.9 Å². The Morgan fingerprint density at radius 3 is 2.47 bits per heavy atom. The van der Waals surface area contributed by atoms with Crippen LogP contribution in [0.4, 0.5) is 8.78 Å². The van der Waals surface area contributed by atoms with Gasteiger partial charge in [0.25, 0.3) is 5.91 Å². The fraction of sp³-hybridized carbons (Fsp3) is 0.227. The summed E-state index contributed by atoms with van der Waals surface area (Å²) in [5.41, 5.74) is 2.13. The molecule has 2 amide bonds. The fourth-order valence-electron chi connectivity index (χ4n) is 2.87. The van der Waals surface area contributed by atoms with Crippen molar-refractivity contribution in [1.82, 2.24) is 20.4 Å². The molecule has 1 aromatic heterocycles. The molecule has 0 aliphatic carbocycles. The quantitative estimate of drug-likeness (QED) is 0.501. The van der Waals surface area contributed by atoms with Gasteiger partial charge in [-0.1, -0.05) is 24.3 Å². The van der Waals surface area contributed by atoms with E-state index in [-0.39, 0.29) is 29.5 Å². The molecule has 1 heterocycles. The minimum Gasteiger partial charge on any atom is -0.493 e. The van der Waals surface area contributed by atoms with Gasteiger partial charge >= 0.3 is 6.61 Å². The highest BCUT2D eigenvalue weighted by molar-refractivity contribution is 5.97. The first kappa shape index (κ1) is 22.7. The number of methoxy groups -OCH3 is 1. The van der Waals surface area contributed by atoms with E-state index in [0.717, 1.165) is 11.1 Å². The van der Waals surface area contributed by atoms with Gasteiger partial charge in [0.15, 0.2) is 11.5 Å². The van der Waals surface area contributed by atoms with E-state index >= 15 is 0 Å². The number of nitrogens with one attached hydrogen (secondary N) is 2. The van der Waals surface area contributed by atoms with E-state index in [0.29, 0.717) is 13.1 Å². The molecule has 168 valence electrons. The molecule has 0 atom stereocenters. The molecule has 0 saturated heterocycles. The van der Waals surface area contributed by atoms with Crippen LogP contribution >= 0.6 is 0 Å². The van der Waals surface area contributed by atoms with Crippen molar-refractivity contribution in [3.05, 3.63) is 77.6 Å². The molecule has 0 fully saturated rings. The largest absolute Gasteiger partial charge is 0.493 e. The zero-order chi connectivity index (χ0) is 22.9. The molecule has 0 spiro atoms. The second-order valence-corrected chi connectivity index (χ2v) is 6.72. The van der Waals surface area contributed by atoms with Crippen molar-refractivity contribution in [2.75, 3.05) is 13.7 Å². The van der Waals surface area contributed by atoms with Crippen molar-refractivity contribution < 1.29 is 27.8 Å². The van der Waals surface area contributed by atoms with E-state index in [1.165, 1.54) is 25.3 Å². The Hall–Kier alpha value is -3.95. The molecule has 0 bridgehead atoms. The standard InChI is InChI=1S/C22H22F2N4O4/c1-31-19-11-17(7-8-18(19)32-22(23)24)21(30)26-13-20(29)25-12-15-3-5-16(6-4-15)14-28-10-2-9-27-28/h2-11,22H,12-14H2,1H3,(H,25,29)(H,26,30). The van der Waals surface area contributed by atoms with Crippen LogP contribution in [-0.2, 0) is 17.9 Å². The number of rotatable bonds is 10. The molecule has 3 rings (SSSR count). The van der Waals surface area contributed by atoms with E-state index in [2.05, 4.69) is 20.5 Å². The van der Waals surface area contributed by atoms with Crippen molar-refractivity contribution in [3.63, 3.8) is 0 Å². The first-order valence-corrected chi connectivity index (χ1v) is 9.67. The van der Waals surface area contributed by atoms with Gasteiger partial charge in [-0.3, -0.25) is 14.3 Å². The monoisotopic (exact) mass is 444 g/mol. The number of hydrogen-bond acceptors (Lipinski definition) is 5. The summed E-state index contributed by atoms with van der Waals surface area (Å²) in [7, 11) is 1.27. The zero-order valence-electron chi connectivity index (χ0n) is 17.3. The van der Waals surface area contributed by atoms with Gasteiger partial charge in [0.2, 0.25) is 5.91 Å². The number of carbonyl (C=O) groups is 2. The summed E-state index contributed by atoms with van der Waals surface area (Å²) < 4.78 is 35.9. The lowest BCUT2D eigenvalue weighted by Crippen LogP contribution is -2.36. The molecular weight excluding hydrogens is 422 g/mol. The molecule has 0 saturated carbocycles. The van der Waals surface area contributed by atoms with Crippen molar-refractivity contribution in [2.24, 2.45) is 0 Å². The number of ether oxygens (including phenoxy) is 2. The van der Waals surface area contributed by atoms with Crippen LogP contribution in [0.25, 0.3) is 0 Å². The summed E-state index contributed by atoms with van der Waals surface area (Å²) in [5, 5.41) is 9.36. The number of hydrogen-bond donors (Lipinski definition) is 2. The lowest BCUT2D eigenvalue weighted by molar-refractivity contribution is -0.120. The van der Waals surface area contributed by atoms with Gasteiger partial charge in [-0.05, 0) is 35.4 Å². The molecular formula is C22H22F2N4O4. The van der Waals surface area contributed by atoms with Gasteiger partial charge in [0.1, 0.15) is 0 Å². The summed E-state index contributed by atoms with van der Waals surface area (Å²) >= 11 is 0. The third-order valence-electron chi connectivity index (χ3n) is 4.47. The number of halogens is 2. The maximum Gasteiger partial charge on any atom is 0.387 e. The highest BCUT2D eigenvalue weighted by atomic mass is 19.3. The predicted octanol–water partition coefficient (Wildman–Crippen LogP) is 2.59. The van der Waals surface area contributed by atoms with Gasteiger partial charge in [0, 0.05) is 24.5 Å². The molecule has 0 aliphatic heterocycles. The molecule has 10 heteroatoms. The van der Waals surface area contributed by atoms with Crippen LogP contribution in [0.2, 0.25) is 0 Å². The van der Waals surface area contributed by atoms with Crippen molar-refractivity contribution in [1.29, 1.82) is 0 Å². The van der Waals surface area contributed by atoms with Gasteiger partial charge in [0.05, 0.1) is 20.2 Å². The smallest absolute Gasteiger partial charge is 0.387 e. The van der Waals surface area contributed by atoms with Gasteiger partial charge in [-0.15, -0.1) is 0 Å². The maximum absolute atomic E-state index is 12.4. The summed E-state index contributed by atoms with van der Waals surface area (Å²) in [6.07, 6.45) is 3.60. The summed E-state index contributed by atoms with van der Waals surface area (Å²) in [4.78, 5) is 24.3. The minimum atomic E-state index is -3.01. The maximum atomic E-state index is 12.4. The Bertz CT molecular complexity index is 1040. The average molecular weight is 444 g/mol. The lowest BCUT2D eigenvalue weighted by Gasteiger charge is -2.12. The Balaban J connectivity index is 1.45. The number of nitrogens with zero attached hydrogens (tertiary/aromatic N) is 2. The van der Waals surface area contributed by atoms with Crippen LogP contribution in [0.15, 0.2) is 60.9 Å². The Kier molecular flexibility index (Phi) is 7.74. The van der Waals surface area contributed by atoms with E-state index < -0.39 is 12.5 Å². The fourth-order valence-corrected chi connectivity index (χ4v) is 2.87. The second-order valence-electron chi connectivity index (χ2n) is 6.72. The van der Waals surface area contributed by atoms with Crippen LogP contribution in [0.5, 0.6) is 11.5 Å². The molecule has 0 unspecified atom stereocenters. The van der Waals surface area contributed by atoms with Crippen LogP contribution in [0.1, 0.15) is 21.5 Å². The number of alkyl halides is 2. The first-order valence-electron chi connectivity index (χ1n) is 9.67. The normalized spacial score (nSPS) is 10.6. The van der Waals surface area contributed by atoms with Crippen LogP contribution < -0.4 is 20.1 Å². The Morgan fingerprint density at radius 1 is 1.06 bits per heavy atom. The number of aromatic nitrogens is 2. The molecule has 32 heavy (non-hydrogen) atoms. The van der Waals surface area contributed by atoms with E-state index in [1.807, 2.05) is 41.2 Å². The molecule has 2 N–H and O–H groups in total. The summed E-state index contributed by atoms with van der Waals surface area (Å²) in [6.45, 7) is -2.29. The second kappa shape index (κ2) is 10.9. The number of benzene rings is 2. The predicted molar refractivity (Wildman–Crippen MR) is 112 cm³/mol. The first-order chi connectivity index (χ1) is 15.4. The molecule has 8 nitrogen and oxygen atoms in total. The SMILES string of the molecule is COc1cc(C(=O)NCC(=O)NCc2ccc(Cn3cccn3)cc2)ccc1OC(F)F. The minimum absolute atomic E-state index is 0.0154. The van der Waals surface area contributed by atoms with Crippen LogP contribution in [0.3, 0.4) is 0 Å². The van der Waals surface area contributed by atoms with Gasteiger partial charge < -0.3 is 20.1 Å². The van der Waals surface area contributed by atoms with Crippen molar-refractivity contribution >= 4 is 11.8 Å². The summed E-state index contributed by atoms with van der Waals surface area (Å²) in [6, 6.07) is 13.4. The summed E-state index contributed by atoms with van der Waals surface area (Å²) in [5.74, 6) is -1.13.